The topological polar surface area (TPSA) is 104 Å². The van der Waals surface area contributed by atoms with Gasteiger partial charge in [-0.1, -0.05) is 30.3 Å². The van der Waals surface area contributed by atoms with Crippen LogP contribution in [-0.4, -0.2) is 23.6 Å². The number of carbonyl (C=O) groups is 2. The standard InChI is InChI=1S/C16H17N3O4/c1-2-22-15(20)12-8-9-13(11-6-4-3-5-7-11)18-14(12)10-23-19-16(17)21/h3-9H,2,10H2,1H3,(H3,17,19,21). The number of aromatic nitrogens is 1. The first-order chi connectivity index (χ1) is 11.1. The Morgan fingerprint density at radius 3 is 2.57 bits per heavy atom. The van der Waals surface area contributed by atoms with Gasteiger partial charge in [0.2, 0.25) is 0 Å². The number of benzene rings is 1. The lowest BCUT2D eigenvalue weighted by molar-refractivity contribution is 0.0448. The van der Waals surface area contributed by atoms with Gasteiger partial charge in [-0.15, -0.1) is 0 Å². The minimum atomic E-state index is -0.832. The third-order valence-electron chi connectivity index (χ3n) is 2.92. The highest BCUT2D eigenvalue weighted by Crippen LogP contribution is 2.20. The quantitative estimate of drug-likeness (QED) is 0.627. The van der Waals surface area contributed by atoms with Crippen LogP contribution in [0.3, 0.4) is 0 Å². The van der Waals surface area contributed by atoms with E-state index in [1.165, 1.54) is 0 Å². The summed E-state index contributed by atoms with van der Waals surface area (Å²) in [6, 6.07) is 12.0. The summed E-state index contributed by atoms with van der Waals surface area (Å²) in [6.07, 6.45) is 0. The molecule has 2 rings (SSSR count). The summed E-state index contributed by atoms with van der Waals surface area (Å²) < 4.78 is 5.00. The highest BCUT2D eigenvalue weighted by molar-refractivity contribution is 5.91. The fourth-order valence-corrected chi connectivity index (χ4v) is 1.95. The molecule has 0 unspecified atom stereocenters. The average Bonchev–Trinajstić information content (AvgIpc) is 2.55. The molecule has 0 aliphatic carbocycles. The molecular weight excluding hydrogens is 298 g/mol. The minimum absolute atomic E-state index is 0.113. The number of primary amides is 1. The second-order valence-corrected chi connectivity index (χ2v) is 4.53. The van der Waals surface area contributed by atoms with Gasteiger partial charge >= 0.3 is 12.0 Å². The van der Waals surface area contributed by atoms with Crippen molar-refractivity contribution in [1.29, 1.82) is 0 Å². The number of nitrogens with one attached hydrogen (secondary N) is 1. The Hall–Kier alpha value is -2.93. The molecule has 0 aliphatic rings. The number of ether oxygens (including phenoxy) is 1. The van der Waals surface area contributed by atoms with Crippen LogP contribution >= 0.6 is 0 Å². The lowest BCUT2D eigenvalue weighted by atomic mass is 10.1. The van der Waals surface area contributed by atoms with Gasteiger partial charge in [0.05, 0.1) is 23.6 Å². The molecule has 0 spiro atoms. The molecule has 1 heterocycles. The average molecular weight is 315 g/mol. The van der Waals surface area contributed by atoms with Crippen LogP contribution in [0.4, 0.5) is 4.79 Å². The molecule has 0 saturated heterocycles. The fourth-order valence-electron chi connectivity index (χ4n) is 1.95. The van der Waals surface area contributed by atoms with Crippen molar-refractivity contribution in [2.75, 3.05) is 6.61 Å². The second kappa shape index (κ2) is 7.90. The molecule has 0 bridgehead atoms. The summed E-state index contributed by atoms with van der Waals surface area (Å²) in [5, 5.41) is 0. The van der Waals surface area contributed by atoms with E-state index < -0.39 is 12.0 Å². The first kappa shape index (κ1) is 16.4. The van der Waals surface area contributed by atoms with Crippen molar-refractivity contribution in [3.63, 3.8) is 0 Å². The summed E-state index contributed by atoms with van der Waals surface area (Å²) in [5.74, 6) is -0.503. The fraction of sp³-hybridized carbons (Fsp3) is 0.188. The van der Waals surface area contributed by atoms with Gasteiger partial charge in [0.25, 0.3) is 0 Å². The van der Waals surface area contributed by atoms with E-state index in [1.807, 2.05) is 35.8 Å². The third-order valence-corrected chi connectivity index (χ3v) is 2.92. The highest BCUT2D eigenvalue weighted by atomic mass is 16.7. The molecule has 120 valence electrons. The molecule has 0 radical (unpaired) electrons. The number of nitrogens with two attached hydrogens (primary N) is 1. The Bertz CT molecular complexity index is 689. The Morgan fingerprint density at radius 2 is 1.91 bits per heavy atom. The summed E-state index contributed by atoms with van der Waals surface area (Å²) in [6.45, 7) is 1.85. The molecule has 2 aromatic rings. The molecule has 7 heteroatoms. The highest BCUT2D eigenvalue weighted by Gasteiger charge is 2.16. The van der Waals surface area contributed by atoms with Crippen molar-refractivity contribution < 1.29 is 19.2 Å². The summed E-state index contributed by atoms with van der Waals surface area (Å²) in [5.41, 5.74) is 9.13. The van der Waals surface area contributed by atoms with Crippen LogP contribution in [0, 0.1) is 0 Å². The molecule has 0 atom stereocenters. The molecular formula is C16H17N3O4. The van der Waals surface area contributed by atoms with Crippen LogP contribution in [0.1, 0.15) is 23.0 Å². The predicted molar refractivity (Wildman–Crippen MR) is 83.1 cm³/mol. The minimum Gasteiger partial charge on any atom is -0.462 e. The number of hydroxylamine groups is 1. The Morgan fingerprint density at radius 1 is 1.17 bits per heavy atom. The van der Waals surface area contributed by atoms with Crippen molar-refractivity contribution >= 4 is 12.0 Å². The van der Waals surface area contributed by atoms with Gasteiger partial charge in [0.1, 0.15) is 6.61 Å². The van der Waals surface area contributed by atoms with Gasteiger partial charge in [0, 0.05) is 5.56 Å². The monoisotopic (exact) mass is 315 g/mol. The molecule has 23 heavy (non-hydrogen) atoms. The van der Waals surface area contributed by atoms with Gasteiger partial charge in [-0.3, -0.25) is 4.84 Å². The van der Waals surface area contributed by atoms with Crippen molar-refractivity contribution in [2.45, 2.75) is 13.5 Å². The second-order valence-electron chi connectivity index (χ2n) is 4.53. The van der Waals surface area contributed by atoms with Gasteiger partial charge in [-0.05, 0) is 19.1 Å². The van der Waals surface area contributed by atoms with E-state index in [0.29, 0.717) is 11.4 Å². The number of amides is 2. The van der Waals surface area contributed by atoms with Gasteiger partial charge < -0.3 is 10.5 Å². The molecule has 7 nitrogen and oxygen atoms in total. The normalized spacial score (nSPS) is 10.1. The van der Waals surface area contributed by atoms with E-state index in [1.54, 1.807) is 19.1 Å². The molecule has 0 fully saturated rings. The van der Waals surface area contributed by atoms with E-state index in [-0.39, 0.29) is 18.8 Å². The Balaban J connectivity index is 2.31. The number of nitrogens with zero attached hydrogens (tertiary/aromatic N) is 1. The van der Waals surface area contributed by atoms with Crippen molar-refractivity contribution in [3.05, 3.63) is 53.7 Å². The van der Waals surface area contributed by atoms with Crippen LogP contribution in [0.2, 0.25) is 0 Å². The maximum absolute atomic E-state index is 12.0. The zero-order valence-electron chi connectivity index (χ0n) is 12.6. The van der Waals surface area contributed by atoms with E-state index in [9.17, 15) is 9.59 Å². The number of hydrogen-bond donors (Lipinski definition) is 2. The summed E-state index contributed by atoms with van der Waals surface area (Å²) >= 11 is 0. The molecule has 2 amide bonds. The smallest absolute Gasteiger partial charge is 0.340 e. The largest absolute Gasteiger partial charge is 0.462 e. The first-order valence-corrected chi connectivity index (χ1v) is 7.01. The van der Waals surface area contributed by atoms with Crippen LogP contribution in [-0.2, 0) is 16.2 Å². The molecule has 0 aliphatic heterocycles. The van der Waals surface area contributed by atoms with Crippen LogP contribution in [0.25, 0.3) is 11.3 Å². The number of pyridine rings is 1. The van der Waals surface area contributed by atoms with Crippen LogP contribution in [0.15, 0.2) is 42.5 Å². The summed E-state index contributed by atoms with van der Waals surface area (Å²) in [4.78, 5) is 32.0. The number of urea groups is 1. The molecule has 0 saturated carbocycles. The maximum Gasteiger partial charge on any atom is 0.340 e. The Kier molecular flexibility index (Phi) is 5.65. The predicted octanol–water partition coefficient (Wildman–Crippen LogP) is 2.03. The van der Waals surface area contributed by atoms with Gasteiger partial charge in [-0.25, -0.2) is 20.1 Å². The summed E-state index contributed by atoms with van der Waals surface area (Å²) in [7, 11) is 0. The number of rotatable bonds is 6. The zero-order chi connectivity index (χ0) is 16.7. The van der Waals surface area contributed by atoms with E-state index in [2.05, 4.69) is 4.98 Å². The lowest BCUT2D eigenvalue weighted by Crippen LogP contribution is -2.29. The Labute approximate surface area is 133 Å². The van der Waals surface area contributed by atoms with Crippen LogP contribution in [0.5, 0.6) is 0 Å². The molecule has 3 N–H and O–H groups in total. The van der Waals surface area contributed by atoms with E-state index in [4.69, 9.17) is 15.3 Å². The van der Waals surface area contributed by atoms with E-state index >= 15 is 0 Å². The molecule has 1 aromatic carbocycles. The first-order valence-electron chi connectivity index (χ1n) is 7.01. The number of esters is 1. The van der Waals surface area contributed by atoms with Crippen molar-refractivity contribution in [3.8, 4) is 11.3 Å². The SMILES string of the molecule is CCOC(=O)c1ccc(-c2ccccc2)nc1CONC(N)=O. The third kappa shape index (κ3) is 4.52. The molecule has 1 aromatic heterocycles. The van der Waals surface area contributed by atoms with Crippen LogP contribution < -0.4 is 11.2 Å². The lowest BCUT2D eigenvalue weighted by Gasteiger charge is -2.10. The van der Waals surface area contributed by atoms with Gasteiger partial charge in [0.15, 0.2) is 0 Å². The van der Waals surface area contributed by atoms with Crippen molar-refractivity contribution in [1.82, 2.24) is 10.5 Å². The van der Waals surface area contributed by atoms with Gasteiger partial charge in [-0.2, -0.15) is 0 Å². The zero-order valence-corrected chi connectivity index (χ0v) is 12.6. The van der Waals surface area contributed by atoms with Crippen molar-refractivity contribution in [2.24, 2.45) is 5.73 Å². The van der Waals surface area contributed by atoms with E-state index in [0.717, 1.165) is 5.56 Å². The maximum atomic E-state index is 12.0. The number of hydrogen-bond acceptors (Lipinski definition) is 5. The number of carbonyl (C=O) groups excluding carboxylic acids is 2.